The molecule has 8 heteroatoms. The van der Waals surface area contributed by atoms with Crippen molar-refractivity contribution in [3.63, 3.8) is 0 Å². The molecule has 0 aliphatic carbocycles. The van der Waals surface area contributed by atoms with Gasteiger partial charge in [-0.15, -0.1) is 0 Å². The second-order valence-electron chi connectivity index (χ2n) is 7.97. The summed E-state index contributed by atoms with van der Waals surface area (Å²) < 4.78 is 22.1. The quantitative estimate of drug-likeness (QED) is 0.245. The lowest BCUT2D eigenvalue weighted by Crippen LogP contribution is -2.26. The molecule has 1 heterocycles. The molecule has 1 fully saturated rings. The molecule has 3 aromatic carbocycles. The average Bonchev–Trinajstić information content (AvgIpc) is 3.41. The van der Waals surface area contributed by atoms with Crippen LogP contribution in [0, 0.1) is 0 Å². The summed E-state index contributed by atoms with van der Waals surface area (Å²) in [6, 6.07) is 24.6. The number of hydrogen-bond donors (Lipinski definition) is 1. The first kappa shape index (κ1) is 26.0. The Balaban J connectivity index is 0.00000342. The van der Waals surface area contributed by atoms with Crippen molar-refractivity contribution < 1.29 is 29.3 Å². The third-order valence-corrected chi connectivity index (χ3v) is 5.54. The van der Waals surface area contributed by atoms with Crippen molar-refractivity contribution >= 4 is 5.97 Å². The number of benzene rings is 3. The van der Waals surface area contributed by atoms with Gasteiger partial charge in [-0.3, -0.25) is 0 Å². The molecule has 0 aromatic heterocycles. The zero-order valence-corrected chi connectivity index (χ0v) is 19.5. The van der Waals surface area contributed by atoms with E-state index < -0.39 is 0 Å². The van der Waals surface area contributed by atoms with Crippen LogP contribution in [0.2, 0.25) is 0 Å². The van der Waals surface area contributed by atoms with Crippen LogP contribution in [0.5, 0.6) is 5.75 Å². The number of rotatable bonds is 11. The molecule has 8 nitrogen and oxygen atoms in total. The first-order valence-electron chi connectivity index (χ1n) is 11.4. The van der Waals surface area contributed by atoms with Crippen LogP contribution in [-0.2, 0) is 20.8 Å². The fourth-order valence-electron chi connectivity index (χ4n) is 3.75. The molecule has 0 amide bonds. The highest BCUT2D eigenvalue weighted by Gasteiger charge is 2.17. The molecule has 0 bridgehead atoms. The summed E-state index contributed by atoms with van der Waals surface area (Å²) in [6.07, 6.45) is 1.24. The van der Waals surface area contributed by atoms with Gasteiger partial charge in [0.25, 0.3) is 0 Å². The Hall–Kier alpha value is -3.59. The molecule has 0 saturated carbocycles. The topological polar surface area (TPSA) is 125 Å². The van der Waals surface area contributed by atoms with E-state index in [0.29, 0.717) is 38.4 Å². The minimum atomic E-state index is -0.342. The number of carbonyl (C=O) groups is 1. The van der Waals surface area contributed by atoms with Crippen molar-refractivity contribution in [2.45, 2.75) is 31.8 Å². The Labute approximate surface area is 205 Å². The predicted molar refractivity (Wildman–Crippen MR) is 130 cm³/mol. The van der Waals surface area contributed by atoms with Crippen molar-refractivity contribution in [3.8, 4) is 5.75 Å². The van der Waals surface area contributed by atoms with E-state index in [1.54, 1.807) is 12.1 Å². The van der Waals surface area contributed by atoms with Gasteiger partial charge in [-0.25, -0.2) is 4.79 Å². The first-order chi connectivity index (χ1) is 16.7. The van der Waals surface area contributed by atoms with Gasteiger partial charge in [0.05, 0.1) is 25.4 Å². The van der Waals surface area contributed by atoms with Gasteiger partial charge >= 0.3 is 5.97 Å². The minimum absolute atomic E-state index is 0. The van der Waals surface area contributed by atoms with Gasteiger partial charge in [0.15, 0.2) is 12.3 Å². The molecule has 0 spiro atoms. The highest BCUT2D eigenvalue weighted by atomic mass is 16.7. The summed E-state index contributed by atoms with van der Waals surface area (Å²) in [4.78, 5) is 12.2. The molecule has 3 aromatic rings. The van der Waals surface area contributed by atoms with Crippen LogP contribution in [0.3, 0.4) is 0 Å². The minimum Gasteiger partial charge on any atom is -0.693 e. The number of nitrogens with two attached hydrogens (primary N) is 2. The van der Waals surface area contributed by atoms with Crippen LogP contribution >= 0.6 is 0 Å². The van der Waals surface area contributed by atoms with E-state index in [9.17, 15) is 4.79 Å². The number of nitrogens with zero attached hydrogens (tertiary/aromatic N) is 1. The normalized spacial score (nSPS) is 14.1. The lowest BCUT2D eigenvalue weighted by Gasteiger charge is -2.12. The number of hydrogen-bond acceptors (Lipinski definition) is 6. The largest absolute Gasteiger partial charge is 0.693 e. The van der Waals surface area contributed by atoms with E-state index >= 15 is 0 Å². The van der Waals surface area contributed by atoms with E-state index in [-0.39, 0.29) is 24.5 Å². The summed E-state index contributed by atoms with van der Waals surface area (Å²) >= 11 is 0. The molecule has 4 rings (SSSR count). The highest BCUT2D eigenvalue weighted by molar-refractivity contribution is 5.89. The maximum Gasteiger partial charge on any atom is 0.338 e. The standard InChI is InChI=1S/C27H28N2O5.H2N/c28-29-26(21-6-2-1-3-7-21)23-8-4-9-24(18-23)34-19-20-11-13-22(14-12-20)27(30)33-15-5-10-25-31-16-17-32-25;/h1-4,6-9,11-14,18,25-26,28H,5,10,15-17,19H2;1H2/q;-1/p+1. The summed E-state index contributed by atoms with van der Waals surface area (Å²) in [7, 11) is 0. The number of esters is 1. The summed E-state index contributed by atoms with van der Waals surface area (Å²) in [5, 5.41) is 4.05. The van der Waals surface area contributed by atoms with Crippen LogP contribution in [0.4, 0.5) is 0 Å². The molecule has 1 atom stereocenters. The van der Waals surface area contributed by atoms with Crippen molar-refractivity contribution in [1.29, 1.82) is 0 Å². The third-order valence-electron chi connectivity index (χ3n) is 5.54. The monoisotopic (exact) mass is 477 g/mol. The van der Waals surface area contributed by atoms with Crippen molar-refractivity contribution in [2.24, 2.45) is 5.11 Å². The SMILES string of the molecule is [NH2+]=NC(c1ccccc1)c1cccc(OCc2ccc(C(=O)OCCCC3OCCO3)cc2)c1.[NH2-]. The van der Waals surface area contributed by atoms with E-state index in [1.807, 2.05) is 66.7 Å². The molecule has 4 N–H and O–H groups in total. The Kier molecular flexibility index (Phi) is 9.92. The van der Waals surface area contributed by atoms with Gasteiger partial charge in [0, 0.05) is 6.42 Å². The fourth-order valence-corrected chi connectivity index (χ4v) is 3.75. The van der Waals surface area contributed by atoms with Gasteiger partial charge in [-0.1, -0.05) is 54.6 Å². The molecule has 1 unspecified atom stereocenters. The van der Waals surface area contributed by atoms with E-state index in [1.165, 1.54) is 0 Å². The second kappa shape index (κ2) is 13.3. The van der Waals surface area contributed by atoms with E-state index in [4.69, 9.17) is 24.5 Å². The molecule has 1 aliphatic heterocycles. The summed E-state index contributed by atoms with van der Waals surface area (Å²) in [5.41, 5.74) is 9.12. The van der Waals surface area contributed by atoms with Crippen LogP contribution in [0.15, 0.2) is 84.0 Å². The second-order valence-corrected chi connectivity index (χ2v) is 7.97. The smallest absolute Gasteiger partial charge is 0.338 e. The maximum atomic E-state index is 12.2. The van der Waals surface area contributed by atoms with E-state index in [0.717, 1.165) is 28.9 Å². The molecule has 1 saturated heterocycles. The van der Waals surface area contributed by atoms with Gasteiger partial charge in [0.1, 0.15) is 12.4 Å². The van der Waals surface area contributed by atoms with Gasteiger partial charge < -0.3 is 25.1 Å². The highest BCUT2D eigenvalue weighted by Crippen LogP contribution is 2.28. The van der Waals surface area contributed by atoms with E-state index in [2.05, 4.69) is 5.11 Å². The molecule has 0 radical (unpaired) electrons. The van der Waals surface area contributed by atoms with Gasteiger partial charge in [-0.05, 0) is 52.5 Å². The molecule has 184 valence electrons. The Bertz CT molecular complexity index is 1070. The average molecular weight is 478 g/mol. The third kappa shape index (κ3) is 7.45. The van der Waals surface area contributed by atoms with Crippen molar-refractivity contribution in [3.05, 3.63) is 107 Å². The lowest BCUT2D eigenvalue weighted by molar-refractivity contribution is -0.227. The zero-order valence-electron chi connectivity index (χ0n) is 19.5. The fraction of sp³-hybridized carbons (Fsp3) is 0.296. The number of ether oxygens (including phenoxy) is 4. The number of carbonyl (C=O) groups excluding carboxylic acids is 1. The van der Waals surface area contributed by atoms with Crippen LogP contribution < -0.4 is 10.3 Å². The first-order valence-corrected chi connectivity index (χ1v) is 11.4. The Morgan fingerprint density at radius 2 is 1.69 bits per heavy atom. The van der Waals surface area contributed by atoms with Crippen molar-refractivity contribution in [2.75, 3.05) is 19.8 Å². The molecule has 35 heavy (non-hydrogen) atoms. The van der Waals surface area contributed by atoms with Crippen molar-refractivity contribution in [1.82, 2.24) is 0 Å². The van der Waals surface area contributed by atoms with Crippen LogP contribution in [-0.4, -0.2) is 32.1 Å². The summed E-state index contributed by atoms with van der Waals surface area (Å²) in [5.74, 6) is 0.381. The van der Waals surface area contributed by atoms with Crippen LogP contribution in [0.25, 0.3) is 6.15 Å². The van der Waals surface area contributed by atoms with Gasteiger partial charge in [0.2, 0.25) is 0 Å². The lowest BCUT2D eigenvalue weighted by atomic mass is 9.99. The summed E-state index contributed by atoms with van der Waals surface area (Å²) in [6.45, 7) is 1.96. The predicted octanol–water partition coefficient (Wildman–Crippen LogP) is 4.59. The molecular weight excluding hydrogens is 446 g/mol. The maximum absolute atomic E-state index is 12.2. The molecular formula is C27H31N3O5. The zero-order chi connectivity index (χ0) is 23.6. The Morgan fingerprint density at radius 3 is 2.40 bits per heavy atom. The Morgan fingerprint density at radius 1 is 0.971 bits per heavy atom. The van der Waals surface area contributed by atoms with Gasteiger partial charge in [-0.2, -0.15) is 5.53 Å². The molecule has 1 aliphatic rings. The van der Waals surface area contributed by atoms with Crippen LogP contribution in [0.1, 0.15) is 45.9 Å².